The average molecular weight is 235 g/mol. The van der Waals surface area contributed by atoms with Gasteiger partial charge in [-0.1, -0.05) is 56.5 Å². The molecule has 0 aromatic heterocycles. The topological polar surface area (TPSA) is 21.3 Å². The molecule has 0 aliphatic rings. The molecule has 1 aromatic rings. The van der Waals surface area contributed by atoms with Crippen molar-refractivity contribution in [2.75, 3.05) is 19.7 Å². The summed E-state index contributed by atoms with van der Waals surface area (Å²) >= 11 is 0. The number of hydrogen-bond donors (Lipinski definition) is 1. The van der Waals surface area contributed by atoms with Crippen LogP contribution in [-0.4, -0.2) is 19.7 Å². The van der Waals surface area contributed by atoms with E-state index in [4.69, 9.17) is 4.74 Å². The Morgan fingerprint density at radius 2 is 1.82 bits per heavy atom. The molecule has 0 radical (unpaired) electrons. The summed E-state index contributed by atoms with van der Waals surface area (Å²) in [6, 6.07) is 10.3. The summed E-state index contributed by atoms with van der Waals surface area (Å²) in [5.74, 6) is 0. The zero-order valence-electron chi connectivity index (χ0n) is 11.0. The van der Waals surface area contributed by atoms with E-state index in [0.717, 1.165) is 26.3 Å². The fourth-order valence-electron chi connectivity index (χ4n) is 1.71. The van der Waals surface area contributed by atoms with Gasteiger partial charge in [0.15, 0.2) is 0 Å². The van der Waals surface area contributed by atoms with Crippen LogP contribution in [-0.2, 0) is 11.3 Å². The smallest absolute Gasteiger partial charge is 0.0717 e. The van der Waals surface area contributed by atoms with E-state index in [9.17, 15) is 0 Å². The van der Waals surface area contributed by atoms with E-state index in [2.05, 4.69) is 24.4 Å². The van der Waals surface area contributed by atoms with E-state index in [1.54, 1.807) is 0 Å². The van der Waals surface area contributed by atoms with Crippen LogP contribution in [0.4, 0.5) is 0 Å². The second-order valence-electron chi connectivity index (χ2n) is 4.35. The highest BCUT2D eigenvalue weighted by molar-refractivity contribution is 5.13. The third-order valence-electron chi connectivity index (χ3n) is 2.74. The van der Waals surface area contributed by atoms with E-state index in [-0.39, 0.29) is 0 Å². The quantitative estimate of drug-likeness (QED) is 0.628. The molecule has 0 heterocycles. The Bertz CT molecular complexity index is 261. The number of ether oxygens (including phenoxy) is 1. The maximum absolute atomic E-state index is 5.58. The molecule has 0 saturated heterocycles. The Morgan fingerprint density at radius 3 is 2.59 bits per heavy atom. The van der Waals surface area contributed by atoms with Crippen LogP contribution in [0.25, 0.3) is 0 Å². The molecule has 1 N–H and O–H groups in total. The molecule has 0 unspecified atom stereocenters. The summed E-state index contributed by atoms with van der Waals surface area (Å²) < 4.78 is 5.58. The third-order valence-corrected chi connectivity index (χ3v) is 2.74. The van der Waals surface area contributed by atoms with Crippen LogP contribution >= 0.6 is 0 Å². The average Bonchev–Trinajstić information content (AvgIpc) is 2.38. The van der Waals surface area contributed by atoms with Gasteiger partial charge in [0, 0.05) is 6.54 Å². The first-order valence-corrected chi connectivity index (χ1v) is 6.76. The zero-order valence-corrected chi connectivity index (χ0v) is 11.0. The Morgan fingerprint density at radius 1 is 1.00 bits per heavy atom. The lowest BCUT2D eigenvalue weighted by molar-refractivity contribution is 0.123. The number of rotatable bonds is 10. The first kappa shape index (κ1) is 14.2. The van der Waals surface area contributed by atoms with Crippen LogP contribution in [0.2, 0.25) is 0 Å². The van der Waals surface area contributed by atoms with Crippen molar-refractivity contribution in [2.24, 2.45) is 0 Å². The Balaban J connectivity index is 1.85. The lowest BCUT2D eigenvalue weighted by Gasteiger charge is -2.06. The zero-order chi connectivity index (χ0) is 12.2. The van der Waals surface area contributed by atoms with E-state index in [1.165, 1.54) is 31.2 Å². The summed E-state index contributed by atoms with van der Waals surface area (Å²) in [7, 11) is 0. The summed E-state index contributed by atoms with van der Waals surface area (Å²) in [5, 5.41) is 3.41. The number of benzene rings is 1. The van der Waals surface area contributed by atoms with Crippen LogP contribution in [0.5, 0.6) is 0 Å². The van der Waals surface area contributed by atoms with Gasteiger partial charge >= 0.3 is 0 Å². The predicted octanol–water partition coefficient (Wildman–Crippen LogP) is 3.37. The molecule has 0 atom stereocenters. The van der Waals surface area contributed by atoms with Gasteiger partial charge in [-0.15, -0.1) is 0 Å². The van der Waals surface area contributed by atoms with Gasteiger partial charge in [-0.2, -0.15) is 0 Å². The molecule has 1 aromatic carbocycles. The predicted molar refractivity (Wildman–Crippen MR) is 73.1 cm³/mol. The molecule has 0 aliphatic carbocycles. The van der Waals surface area contributed by atoms with Gasteiger partial charge in [-0.3, -0.25) is 0 Å². The maximum Gasteiger partial charge on any atom is 0.0717 e. The molecule has 96 valence electrons. The Kier molecular flexibility index (Phi) is 8.61. The van der Waals surface area contributed by atoms with E-state index < -0.39 is 0 Å². The molecule has 0 aliphatic heterocycles. The molecule has 0 amide bonds. The van der Waals surface area contributed by atoms with Gasteiger partial charge in [0.2, 0.25) is 0 Å². The minimum atomic E-state index is 0.721. The maximum atomic E-state index is 5.58. The summed E-state index contributed by atoms with van der Waals surface area (Å²) in [4.78, 5) is 0. The lowest BCUT2D eigenvalue weighted by atomic mass is 10.2. The van der Waals surface area contributed by atoms with Gasteiger partial charge in [0.05, 0.1) is 13.2 Å². The van der Waals surface area contributed by atoms with Crippen molar-refractivity contribution >= 4 is 0 Å². The van der Waals surface area contributed by atoms with Crippen molar-refractivity contribution in [3.63, 3.8) is 0 Å². The molecule has 2 heteroatoms. The van der Waals surface area contributed by atoms with Crippen LogP contribution < -0.4 is 5.32 Å². The molecule has 17 heavy (non-hydrogen) atoms. The SMILES string of the molecule is CCCCCCNCCOCc1ccccc1. The summed E-state index contributed by atoms with van der Waals surface area (Å²) in [6.45, 7) is 5.83. The first-order chi connectivity index (χ1) is 8.43. The highest BCUT2D eigenvalue weighted by Gasteiger charge is 1.92. The van der Waals surface area contributed by atoms with Crippen molar-refractivity contribution in [3.05, 3.63) is 35.9 Å². The van der Waals surface area contributed by atoms with Gasteiger partial charge in [0.1, 0.15) is 0 Å². The summed E-state index contributed by atoms with van der Waals surface area (Å²) in [5.41, 5.74) is 1.25. The van der Waals surface area contributed by atoms with Crippen molar-refractivity contribution in [2.45, 2.75) is 39.2 Å². The first-order valence-electron chi connectivity index (χ1n) is 6.76. The molecular weight excluding hydrogens is 210 g/mol. The van der Waals surface area contributed by atoms with Gasteiger partial charge in [-0.05, 0) is 18.5 Å². The van der Waals surface area contributed by atoms with E-state index >= 15 is 0 Å². The third kappa shape index (κ3) is 7.94. The second-order valence-corrected chi connectivity index (χ2v) is 4.35. The lowest BCUT2D eigenvalue weighted by Crippen LogP contribution is -2.20. The number of nitrogens with one attached hydrogen (secondary N) is 1. The fourth-order valence-corrected chi connectivity index (χ4v) is 1.71. The highest BCUT2D eigenvalue weighted by atomic mass is 16.5. The molecule has 0 spiro atoms. The molecule has 0 bridgehead atoms. The van der Waals surface area contributed by atoms with Crippen molar-refractivity contribution in [1.82, 2.24) is 5.32 Å². The van der Waals surface area contributed by atoms with Gasteiger partial charge in [-0.25, -0.2) is 0 Å². The van der Waals surface area contributed by atoms with E-state index in [1.807, 2.05) is 18.2 Å². The normalized spacial score (nSPS) is 10.6. The Hall–Kier alpha value is -0.860. The molecule has 0 saturated carbocycles. The molecule has 1 rings (SSSR count). The largest absolute Gasteiger partial charge is 0.375 e. The fraction of sp³-hybridized carbons (Fsp3) is 0.600. The second kappa shape index (κ2) is 10.3. The van der Waals surface area contributed by atoms with Gasteiger partial charge in [0.25, 0.3) is 0 Å². The molecular formula is C15H25NO. The number of unbranched alkanes of at least 4 members (excludes halogenated alkanes) is 3. The van der Waals surface area contributed by atoms with Crippen LogP contribution in [0.3, 0.4) is 0 Å². The minimum Gasteiger partial charge on any atom is -0.375 e. The standard InChI is InChI=1S/C15H25NO/c1-2-3-4-8-11-16-12-13-17-14-15-9-6-5-7-10-15/h5-7,9-10,16H,2-4,8,11-14H2,1H3. The Labute approximate surface area is 105 Å². The van der Waals surface area contributed by atoms with Crippen LogP contribution in [0.15, 0.2) is 30.3 Å². The van der Waals surface area contributed by atoms with Crippen molar-refractivity contribution in [3.8, 4) is 0 Å². The van der Waals surface area contributed by atoms with Crippen LogP contribution in [0, 0.1) is 0 Å². The van der Waals surface area contributed by atoms with Crippen LogP contribution in [0.1, 0.15) is 38.2 Å². The molecule has 0 fully saturated rings. The van der Waals surface area contributed by atoms with E-state index in [0.29, 0.717) is 0 Å². The van der Waals surface area contributed by atoms with Gasteiger partial charge < -0.3 is 10.1 Å². The number of hydrogen-bond acceptors (Lipinski definition) is 2. The van der Waals surface area contributed by atoms with Crippen molar-refractivity contribution in [1.29, 1.82) is 0 Å². The monoisotopic (exact) mass is 235 g/mol. The molecule has 2 nitrogen and oxygen atoms in total. The minimum absolute atomic E-state index is 0.721. The summed E-state index contributed by atoms with van der Waals surface area (Å²) in [6.07, 6.45) is 5.28. The highest BCUT2D eigenvalue weighted by Crippen LogP contribution is 2.00. The van der Waals surface area contributed by atoms with Crippen molar-refractivity contribution < 1.29 is 4.74 Å².